The van der Waals surface area contributed by atoms with Crippen molar-refractivity contribution in [3.63, 3.8) is 0 Å². The smallest absolute Gasteiger partial charge is 0.399 e. The predicted octanol–water partition coefficient (Wildman–Crippen LogP) is 3.39. The highest BCUT2D eigenvalue weighted by molar-refractivity contribution is 6.62. The van der Waals surface area contributed by atoms with Crippen LogP contribution in [-0.2, 0) is 14.7 Å². The summed E-state index contributed by atoms with van der Waals surface area (Å²) in [6.07, 6.45) is 2.32. The second-order valence-electron chi connectivity index (χ2n) is 7.64. The van der Waals surface area contributed by atoms with Crippen LogP contribution in [0.4, 0.5) is 0 Å². The van der Waals surface area contributed by atoms with Gasteiger partial charge in [0.05, 0.1) is 21.9 Å². The molecule has 0 unspecified atom stereocenters. The molecule has 0 N–H and O–H groups in total. The van der Waals surface area contributed by atoms with Crippen molar-refractivity contribution in [2.45, 2.75) is 71.0 Å². The number of halogens is 1. The summed E-state index contributed by atoms with van der Waals surface area (Å²) in [7, 11) is -0.402. The van der Waals surface area contributed by atoms with E-state index < -0.39 is 7.12 Å². The first-order chi connectivity index (χ1) is 9.56. The minimum atomic E-state index is -0.402. The van der Waals surface area contributed by atoms with E-state index in [0.717, 1.165) is 34.7 Å². The zero-order chi connectivity index (χ0) is 15.6. The molecule has 1 saturated carbocycles. The summed E-state index contributed by atoms with van der Waals surface area (Å²) < 4.78 is 12.2. The molecule has 3 nitrogen and oxygen atoms in total. The summed E-state index contributed by atoms with van der Waals surface area (Å²) >= 11 is 6.47. The van der Waals surface area contributed by atoms with Crippen LogP contribution in [0.2, 0.25) is 5.02 Å². The first-order valence-corrected chi connectivity index (χ1v) is 7.97. The maximum absolute atomic E-state index is 6.47. The molecule has 2 heterocycles. The van der Waals surface area contributed by atoms with Gasteiger partial charge in [0.15, 0.2) is 0 Å². The summed E-state index contributed by atoms with van der Waals surface area (Å²) in [5.41, 5.74) is 2.36. The number of hydrogen-bond donors (Lipinski definition) is 0. The lowest BCUT2D eigenvalue weighted by molar-refractivity contribution is 0.00578. The van der Waals surface area contributed by atoms with E-state index in [-0.39, 0.29) is 16.6 Å². The first-order valence-electron chi connectivity index (χ1n) is 7.59. The molecule has 1 aromatic heterocycles. The Hall–Kier alpha value is -0.575. The molecule has 0 aromatic carbocycles. The van der Waals surface area contributed by atoms with Gasteiger partial charge in [0.1, 0.15) is 0 Å². The van der Waals surface area contributed by atoms with Gasteiger partial charge in [-0.05, 0) is 53.5 Å². The van der Waals surface area contributed by atoms with Crippen LogP contribution in [0.25, 0.3) is 0 Å². The van der Waals surface area contributed by atoms with Crippen molar-refractivity contribution in [1.82, 2.24) is 4.98 Å². The van der Waals surface area contributed by atoms with E-state index in [1.165, 1.54) is 0 Å². The molecule has 5 heteroatoms. The number of pyridine rings is 1. The Labute approximate surface area is 132 Å². The van der Waals surface area contributed by atoms with Gasteiger partial charge >= 0.3 is 7.12 Å². The molecular weight excluding hydrogens is 284 g/mol. The number of aromatic nitrogens is 1. The Morgan fingerprint density at radius 2 is 1.62 bits per heavy atom. The van der Waals surface area contributed by atoms with Crippen molar-refractivity contribution in [3.05, 3.63) is 22.5 Å². The Balaban J connectivity index is 1.96. The van der Waals surface area contributed by atoms with Crippen molar-refractivity contribution < 1.29 is 9.31 Å². The van der Waals surface area contributed by atoms with Gasteiger partial charge in [-0.3, -0.25) is 4.98 Å². The van der Waals surface area contributed by atoms with Crippen LogP contribution >= 0.6 is 11.6 Å². The van der Waals surface area contributed by atoms with Crippen LogP contribution < -0.4 is 5.46 Å². The van der Waals surface area contributed by atoms with Crippen molar-refractivity contribution in [3.8, 4) is 0 Å². The lowest BCUT2D eigenvalue weighted by Crippen LogP contribution is -2.41. The van der Waals surface area contributed by atoms with Crippen molar-refractivity contribution >= 4 is 24.2 Å². The van der Waals surface area contributed by atoms with Crippen LogP contribution in [0, 0.1) is 6.92 Å². The topological polar surface area (TPSA) is 31.4 Å². The normalized spacial score (nSPS) is 25.2. The molecule has 0 spiro atoms. The van der Waals surface area contributed by atoms with Crippen LogP contribution in [0.1, 0.15) is 58.8 Å². The molecule has 1 aliphatic carbocycles. The number of hydrogen-bond acceptors (Lipinski definition) is 3. The quantitative estimate of drug-likeness (QED) is 0.785. The van der Waals surface area contributed by atoms with E-state index in [9.17, 15) is 0 Å². The van der Waals surface area contributed by atoms with Gasteiger partial charge < -0.3 is 9.31 Å². The van der Waals surface area contributed by atoms with Crippen molar-refractivity contribution in [1.29, 1.82) is 0 Å². The van der Waals surface area contributed by atoms with Crippen LogP contribution in [-0.4, -0.2) is 23.3 Å². The Bertz CT molecular complexity index is 580. The lowest BCUT2D eigenvalue weighted by Gasteiger charge is -2.32. The van der Waals surface area contributed by atoms with E-state index in [0.29, 0.717) is 0 Å². The molecule has 21 heavy (non-hydrogen) atoms. The maximum Gasteiger partial charge on any atom is 0.496 e. The average molecular weight is 308 g/mol. The molecule has 1 aliphatic heterocycles. The third-order valence-corrected chi connectivity index (χ3v) is 5.57. The largest absolute Gasteiger partial charge is 0.496 e. The lowest BCUT2D eigenvalue weighted by atomic mass is 9.77. The minimum absolute atomic E-state index is 0.163. The van der Waals surface area contributed by atoms with E-state index in [4.69, 9.17) is 25.9 Å². The van der Waals surface area contributed by atoms with E-state index in [1.807, 2.05) is 13.0 Å². The van der Waals surface area contributed by atoms with Crippen molar-refractivity contribution in [2.75, 3.05) is 0 Å². The Morgan fingerprint density at radius 3 is 2.10 bits per heavy atom. The number of rotatable bonds is 2. The average Bonchev–Trinajstić information content (AvgIpc) is 3.04. The highest BCUT2D eigenvalue weighted by Gasteiger charge is 2.52. The van der Waals surface area contributed by atoms with Gasteiger partial charge in [0.25, 0.3) is 0 Å². The summed E-state index contributed by atoms with van der Waals surface area (Å²) in [5, 5.41) is 0.727. The molecular formula is C16H23BClNO2. The predicted molar refractivity (Wildman–Crippen MR) is 86.3 cm³/mol. The molecule has 114 valence electrons. The summed E-state index contributed by atoms with van der Waals surface area (Å²) in [6, 6.07) is 1.98. The standard InChI is InChI=1S/C16H23BClNO2/c1-10-11(17-20-14(2,3)15(4,5)21-17)9-12(18)13(19-10)16(6)7-8-16/h9H,7-8H2,1-6H3. The second-order valence-corrected chi connectivity index (χ2v) is 8.05. The fraction of sp³-hybridized carbons (Fsp3) is 0.688. The number of aryl methyl sites for hydroxylation is 1. The third-order valence-electron chi connectivity index (χ3n) is 5.28. The van der Waals surface area contributed by atoms with Crippen LogP contribution in [0.3, 0.4) is 0 Å². The van der Waals surface area contributed by atoms with E-state index in [2.05, 4.69) is 34.6 Å². The summed E-state index contributed by atoms with van der Waals surface area (Å²) in [5.74, 6) is 0. The molecule has 1 saturated heterocycles. The Kier molecular flexibility index (Phi) is 3.26. The molecule has 3 rings (SSSR count). The first kappa shape index (κ1) is 15.3. The molecule has 0 atom stereocenters. The number of nitrogens with zero attached hydrogens (tertiary/aromatic N) is 1. The van der Waals surface area contributed by atoms with Gasteiger partial charge in [-0.1, -0.05) is 18.5 Å². The third kappa shape index (κ3) is 2.41. The fourth-order valence-electron chi connectivity index (χ4n) is 2.65. The molecule has 2 fully saturated rings. The van der Waals surface area contributed by atoms with Crippen molar-refractivity contribution in [2.24, 2.45) is 0 Å². The van der Waals surface area contributed by atoms with Gasteiger partial charge in [-0.25, -0.2) is 0 Å². The minimum Gasteiger partial charge on any atom is -0.399 e. The fourth-order valence-corrected chi connectivity index (χ4v) is 3.04. The molecule has 1 aromatic rings. The maximum atomic E-state index is 6.47. The highest BCUT2D eigenvalue weighted by Crippen LogP contribution is 2.49. The zero-order valence-corrected chi connectivity index (χ0v) is 14.5. The van der Waals surface area contributed by atoms with Gasteiger partial charge in [-0.2, -0.15) is 0 Å². The molecule has 0 radical (unpaired) electrons. The second kappa shape index (κ2) is 4.47. The molecule has 2 aliphatic rings. The van der Waals surface area contributed by atoms with Gasteiger partial charge in [0.2, 0.25) is 0 Å². The van der Waals surface area contributed by atoms with Gasteiger partial charge in [-0.15, -0.1) is 0 Å². The summed E-state index contributed by atoms with van der Waals surface area (Å²) in [4.78, 5) is 4.75. The molecule has 0 amide bonds. The summed E-state index contributed by atoms with van der Waals surface area (Å²) in [6.45, 7) is 12.4. The van der Waals surface area contributed by atoms with E-state index in [1.54, 1.807) is 0 Å². The molecule has 0 bridgehead atoms. The van der Waals surface area contributed by atoms with Crippen LogP contribution in [0.5, 0.6) is 0 Å². The highest BCUT2D eigenvalue weighted by atomic mass is 35.5. The SMILES string of the molecule is Cc1nc(C2(C)CC2)c(Cl)cc1B1OC(C)(C)C(C)(C)O1. The van der Waals surface area contributed by atoms with E-state index >= 15 is 0 Å². The monoisotopic (exact) mass is 307 g/mol. The zero-order valence-electron chi connectivity index (χ0n) is 13.7. The Morgan fingerprint density at radius 1 is 1.10 bits per heavy atom. The van der Waals surface area contributed by atoms with Crippen LogP contribution in [0.15, 0.2) is 6.07 Å². The van der Waals surface area contributed by atoms with Gasteiger partial charge in [0, 0.05) is 16.6 Å².